The van der Waals surface area contributed by atoms with Crippen LogP contribution in [0.15, 0.2) is 91.0 Å². The van der Waals surface area contributed by atoms with E-state index in [2.05, 4.69) is 6.07 Å². The SMILES string of the molecule is COc1ccc(OC(=O)c2c(C)c(-c3ccc(OCc4ccccc4)cc3)nc3c(C)cc(C)cc23)cc1. The summed E-state index contributed by atoms with van der Waals surface area (Å²) in [5.41, 5.74) is 6.85. The number of rotatable bonds is 7. The molecule has 1 aromatic heterocycles. The van der Waals surface area contributed by atoms with Crippen LogP contribution in [0.4, 0.5) is 0 Å². The Balaban J connectivity index is 1.51. The number of hydrogen-bond donors (Lipinski definition) is 0. The Kier molecular flexibility index (Phi) is 7.09. The zero-order valence-electron chi connectivity index (χ0n) is 21.9. The first-order valence-corrected chi connectivity index (χ1v) is 12.5. The number of benzene rings is 4. The number of ether oxygens (including phenoxy) is 3. The van der Waals surface area contributed by atoms with Gasteiger partial charge in [0.2, 0.25) is 0 Å². The number of hydrogen-bond acceptors (Lipinski definition) is 5. The van der Waals surface area contributed by atoms with Crippen LogP contribution in [-0.2, 0) is 6.61 Å². The van der Waals surface area contributed by atoms with Gasteiger partial charge in [0, 0.05) is 10.9 Å². The molecule has 0 radical (unpaired) electrons. The highest BCUT2D eigenvalue weighted by molar-refractivity contribution is 6.08. The van der Waals surface area contributed by atoms with Crippen molar-refractivity contribution in [3.05, 3.63) is 119 Å². The summed E-state index contributed by atoms with van der Waals surface area (Å²) in [4.78, 5) is 18.6. The van der Waals surface area contributed by atoms with Gasteiger partial charge in [-0.1, -0.05) is 42.0 Å². The maximum absolute atomic E-state index is 13.6. The van der Waals surface area contributed by atoms with Gasteiger partial charge in [-0.05, 0) is 92.1 Å². The van der Waals surface area contributed by atoms with E-state index >= 15 is 0 Å². The maximum Gasteiger partial charge on any atom is 0.344 e. The maximum atomic E-state index is 13.6. The van der Waals surface area contributed by atoms with Crippen molar-refractivity contribution in [2.75, 3.05) is 7.11 Å². The molecule has 38 heavy (non-hydrogen) atoms. The van der Waals surface area contributed by atoms with E-state index < -0.39 is 5.97 Å². The van der Waals surface area contributed by atoms with Gasteiger partial charge in [0.25, 0.3) is 0 Å². The number of pyridine rings is 1. The van der Waals surface area contributed by atoms with Crippen LogP contribution in [0.25, 0.3) is 22.2 Å². The molecule has 5 nitrogen and oxygen atoms in total. The van der Waals surface area contributed by atoms with Crippen molar-refractivity contribution in [2.45, 2.75) is 27.4 Å². The second-order valence-electron chi connectivity index (χ2n) is 9.30. The first-order chi connectivity index (χ1) is 18.4. The summed E-state index contributed by atoms with van der Waals surface area (Å²) in [7, 11) is 1.60. The van der Waals surface area contributed by atoms with E-state index in [-0.39, 0.29) is 0 Å². The molecule has 5 aromatic rings. The van der Waals surface area contributed by atoms with Crippen molar-refractivity contribution >= 4 is 16.9 Å². The number of methoxy groups -OCH3 is 1. The highest BCUT2D eigenvalue weighted by Gasteiger charge is 2.22. The minimum absolute atomic E-state index is 0.422. The van der Waals surface area contributed by atoms with Gasteiger partial charge in [-0.25, -0.2) is 9.78 Å². The van der Waals surface area contributed by atoms with Gasteiger partial charge in [0.15, 0.2) is 0 Å². The van der Waals surface area contributed by atoms with Gasteiger partial charge in [0.05, 0.1) is 23.9 Å². The Hall–Kier alpha value is -4.64. The van der Waals surface area contributed by atoms with E-state index in [1.165, 1.54) is 0 Å². The van der Waals surface area contributed by atoms with Crippen molar-refractivity contribution in [3.63, 3.8) is 0 Å². The predicted octanol–water partition coefficient (Wildman–Crippen LogP) is 7.63. The number of carbonyl (C=O) groups is 1. The van der Waals surface area contributed by atoms with Crippen molar-refractivity contribution in [2.24, 2.45) is 0 Å². The molecule has 0 aliphatic heterocycles. The molecule has 0 aliphatic rings. The summed E-state index contributed by atoms with van der Waals surface area (Å²) in [6, 6.07) is 28.9. The quantitative estimate of drug-likeness (QED) is 0.169. The highest BCUT2D eigenvalue weighted by atomic mass is 16.5. The molecule has 0 atom stereocenters. The molecule has 5 rings (SSSR count). The molecular formula is C33H29NO4. The lowest BCUT2D eigenvalue weighted by molar-refractivity contribution is 0.0736. The zero-order chi connectivity index (χ0) is 26.6. The lowest BCUT2D eigenvalue weighted by atomic mass is 9.95. The zero-order valence-corrected chi connectivity index (χ0v) is 21.9. The molecule has 0 amide bonds. The molecule has 0 fully saturated rings. The fourth-order valence-electron chi connectivity index (χ4n) is 4.61. The predicted molar refractivity (Wildman–Crippen MR) is 150 cm³/mol. The number of esters is 1. The van der Waals surface area contributed by atoms with Gasteiger partial charge >= 0.3 is 5.97 Å². The van der Waals surface area contributed by atoms with Crippen LogP contribution in [0.5, 0.6) is 17.2 Å². The molecule has 190 valence electrons. The van der Waals surface area contributed by atoms with Crippen LogP contribution in [-0.4, -0.2) is 18.1 Å². The van der Waals surface area contributed by atoms with Crippen LogP contribution in [0, 0.1) is 20.8 Å². The van der Waals surface area contributed by atoms with Crippen LogP contribution < -0.4 is 14.2 Å². The fraction of sp³-hybridized carbons (Fsp3) is 0.152. The number of fused-ring (bicyclic) bond motifs is 1. The summed E-state index contributed by atoms with van der Waals surface area (Å²) < 4.78 is 17.0. The number of aromatic nitrogens is 1. The highest BCUT2D eigenvalue weighted by Crippen LogP contribution is 2.33. The summed E-state index contributed by atoms with van der Waals surface area (Å²) in [5, 5.41) is 0.782. The van der Waals surface area contributed by atoms with E-state index in [0.717, 1.165) is 50.2 Å². The topological polar surface area (TPSA) is 57.7 Å². The molecule has 0 N–H and O–H groups in total. The monoisotopic (exact) mass is 503 g/mol. The van der Waals surface area contributed by atoms with Gasteiger partial charge < -0.3 is 14.2 Å². The Labute approximate surface area is 222 Å². The van der Waals surface area contributed by atoms with E-state index in [0.29, 0.717) is 23.7 Å². The van der Waals surface area contributed by atoms with Crippen molar-refractivity contribution in [3.8, 4) is 28.5 Å². The average molecular weight is 504 g/mol. The Bertz CT molecular complexity index is 1590. The Morgan fingerprint density at radius 2 is 1.45 bits per heavy atom. The van der Waals surface area contributed by atoms with Crippen LogP contribution in [0.1, 0.15) is 32.6 Å². The molecule has 0 saturated carbocycles. The van der Waals surface area contributed by atoms with E-state index in [1.807, 2.05) is 81.4 Å². The van der Waals surface area contributed by atoms with Gasteiger partial charge in [-0.2, -0.15) is 0 Å². The molecule has 1 heterocycles. The molecular weight excluding hydrogens is 474 g/mol. The van der Waals surface area contributed by atoms with Crippen molar-refractivity contribution in [1.29, 1.82) is 0 Å². The lowest BCUT2D eigenvalue weighted by Crippen LogP contribution is -2.13. The van der Waals surface area contributed by atoms with Crippen LogP contribution in [0.3, 0.4) is 0 Å². The third-order valence-corrected chi connectivity index (χ3v) is 6.52. The third kappa shape index (κ3) is 5.23. The number of nitrogens with zero attached hydrogens (tertiary/aromatic N) is 1. The third-order valence-electron chi connectivity index (χ3n) is 6.52. The molecule has 0 unspecified atom stereocenters. The molecule has 0 bridgehead atoms. The molecule has 5 heteroatoms. The minimum atomic E-state index is -0.422. The van der Waals surface area contributed by atoms with E-state index in [4.69, 9.17) is 19.2 Å². The van der Waals surface area contributed by atoms with E-state index in [1.54, 1.807) is 31.4 Å². The van der Waals surface area contributed by atoms with E-state index in [9.17, 15) is 4.79 Å². The first kappa shape index (κ1) is 25.0. The normalized spacial score (nSPS) is 10.8. The Morgan fingerprint density at radius 1 is 0.789 bits per heavy atom. The van der Waals surface area contributed by atoms with Crippen LogP contribution in [0.2, 0.25) is 0 Å². The van der Waals surface area contributed by atoms with Gasteiger partial charge in [0.1, 0.15) is 23.9 Å². The largest absolute Gasteiger partial charge is 0.497 e. The van der Waals surface area contributed by atoms with Gasteiger partial charge in [-0.3, -0.25) is 0 Å². The molecule has 4 aromatic carbocycles. The molecule has 0 saturated heterocycles. The molecule has 0 aliphatic carbocycles. The second-order valence-corrected chi connectivity index (χ2v) is 9.30. The first-order valence-electron chi connectivity index (χ1n) is 12.5. The fourth-order valence-corrected chi connectivity index (χ4v) is 4.61. The second kappa shape index (κ2) is 10.8. The van der Waals surface area contributed by atoms with Crippen LogP contribution >= 0.6 is 0 Å². The number of carbonyl (C=O) groups excluding carboxylic acids is 1. The lowest BCUT2D eigenvalue weighted by Gasteiger charge is -2.16. The summed E-state index contributed by atoms with van der Waals surface area (Å²) in [5.74, 6) is 1.49. The Morgan fingerprint density at radius 3 is 2.13 bits per heavy atom. The summed E-state index contributed by atoms with van der Waals surface area (Å²) >= 11 is 0. The number of aryl methyl sites for hydroxylation is 2. The average Bonchev–Trinajstić information content (AvgIpc) is 2.93. The standard InChI is InChI=1S/C33H29NO4/c1-21-18-22(2)31-29(19-21)30(33(35)38-28-16-14-26(36-4)15-17-28)23(3)32(34-31)25-10-12-27(13-11-25)37-20-24-8-6-5-7-9-24/h5-19H,20H2,1-4H3. The van der Waals surface area contributed by atoms with Crippen molar-refractivity contribution < 1.29 is 19.0 Å². The molecule has 0 spiro atoms. The van der Waals surface area contributed by atoms with Gasteiger partial charge in [-0.15, -0.1) is 0 Å². The summed E-state index contributed by atoms with van der Waals surface area (Å²) in [6.45, 7) is 6.44. The smallest absolute Gasteiger partial charge is 0.344 e. The summed E-state index contributed by atoms with van der Waals surface area (Å²) in [6.07, 6.45) is 0. The minimum Gasteiger partial charge on any atom is -0.497 e. The van der Waals surface area contributed by atoms with Crippen molar-refractivity contribution in [1.82, 2.24) is 4.98 Å².